The van der Waals surface area contributed by atoms with Crippen molar-refractivity contribution in [3.8, 4) is 0 Å². The summed E-state index contributed by atoms with van der Waals surface area (Å²) in [4.78, 5) is 0.259. The first-order chi connectivity index (χ1) is 8.36. The monoisotopic (exact) mass is 332 g/mol. The summed E-state index contributed by atoms with van der Waals surface area (Å²) in [6, 6.07) is 5.14. The van der Waals surface area contributed by atoms with Gasteiger partial charge in [0.25, 0.3) is 0 Å². The van der Waals surface area contributed by atoms with Crippen LogP contribution in [0, 0.1) is 5.41 Å². The summed E-state index contributed by atoms with van der Waals surface area (Å²) in [6.45, 7) is 2.91. The lowest BCUT2D eigenvalue weighted by Gasteiger charge is -2.12. The van der Waals surface area contributed by atoms with Crippen LogP contribution in [0.1, 0.15) is 25.3 Å². The number of halogens is 1. The molecule has 0 aliphatic heterocycles. The summed E-state index contributed by atoms with van der Waals surface area (Å²) in [6.07, 6.45) is 2.17. The molecule has 1 fully saturated rings. The second-order valence-corrected chi connectivity index (χ2v) is 7.69. The Labute approximate surface area is 116 Å². The number of nitrogens with two attached hydrogens (primary N) is 1. The lowest BCUT2D eigenvalue weighted by Crippen LogP contribution is -2.29. The molecule has 0 radical (unpaired) electrons. The van der Waals surface area contributed by atoms with E-state index in [4.69, 9.17) is 5.73 Å². The van der Waals surface area contributed by atoms with Crippen LogP contribution in [0.4, 0.5) is 0 Å². The van der Waals surface area contributed by atoms with Gasteiger partial charge in [-0.2, -0.15) is 0 Å². The Balaban J connectivity index is 2.22. The van der Waals surface area contributed by atoms with Crippen molar-refractivity contribution in [1.82, 2.24) is 4.72 Å². The van der Waals surface area contributed by atoms with Gasteiger partial charge in [-0.1, -0.05) is 13.0 Å². The van der Waals surface area contributed by atoms with E-state index in [-0.39, 0.29) is 10.3 Å². The summed E-state index contributed by atoms with van der Waals surface area (Å²) in [5.41, 5.74) is 6.48. The topological polar surface area (TPSA) is 72.2 Å². The molecule has 1 aromatic carbocycles. The summed E-state index contributed by atoms with van der Waals surface area (Å²) < 4.78 is 27.7. The molecule has 3 N–H and O–H groups in total. The van der Waals surface area contributed by atoms with Gasteiger partial charge in [-0.3, -0.25) is 0 Å². The molecule has 18 heavy (non-hydrogen) atoms. The second kappa shape index (κ2) is 4.92. The van der Waals surface area contributed by atoms with Crippen molar-refractivity contribution in [2.75, 3.05) is 6.54 Å². The molecule has 6 heteroatoms. The lowest BCUT2D eigenvalue weighted by atomic mass is 10.2. The Bertz CT molecular complexity index is 553. The highest BCUT2D eigenvalue weighted by Gasteiger charge is 2.38. The number of hydrogen-bond donors (Lipinski definition) is 2. The fourth-order valence-corrected chi connectivity index (χ4v) is 3.83. The van der Waals surface area contributed by atoms with Crippen LogP contribution in [0.2, 0.25) is 0 Å². The van der Waals surface area contributed by atoms with Crippen molar-refractivity contribution in [2.24, 2.45) is 11.1 Å². The first-order valence-corrected chi connectivity index (χ1v) is 8.12. The number of benzene rings is 1. The van der Waals surface area contributed by atoms with E-state index in [0.717, 1.165) is 18.4 Å². The SMILES string of the molecule is CC1(CNS(=O)(=O)c2cc(CN)ccc2Br)CC1. The van der Waals surface area contributed by atoms with Crippen molar-refractivity contribution in [3.05, 3.63) is 28.2 Å². The molecule has 0 atom stereocenters. The molecule has 0 aromatic heterocycles. The molecule has 0 bridgehead atoms. The minimum atomic E-state index is -3.47. The van der Waals surface area contributed by atoms with E-state index >= 15 is 0 Å². The molecular weight excluding hydrogens is 316 g/mol. The zero-order valence-corrected chi connectivity index (χ0v) is 12.6. The molecular formula is C12H17BrN2O2S. The van der Waals surface area contributed by atoms with Crippen molar-refractivity contribution < 1.29 is 8.42 Å². The molecule has 100 valence electrons. The van der Waals surface area contributed by atoms with Crippen molar-refractivity contribution in [3.63, 3.8) is 0 Å². The van der Waals surface area contributed by atoms with Gasteiger partial charge >= 0.3 is 0 Å². The molecule has 1 saturated carbocycles. The Hall–Kier alpha value is -0.430. The smallest absolute Gasteiger partial charge is 0.241 e. The first-order valence-electron chi connectivity index (χ1n) is 5.84. The van der Waals surface area contributed by atoms with E-state index in [0.29, 0.717) is 17.6 Å². The highest BCUT2D eigenvalue weighted by molar-refractivity contribution is 9.10. The normalized spacial score (nSPS) is 17.7. The van der Waals surface area contributed by atoms with Gasteiger partial charge in [-0.15, -0.1) is 0 Å². The highest BCUT2D eigenvalue weighted by Crippen LogP contribution is 2.44. The van der Waals surface area contributed by atoms with Crippen LogP contribution >= 0.6 is 15.9 Å². The fourth-order valence-electron chi connectivity index (χ4n) is 1.62. The minimum absolute atomic E-state index is 0.144. The third kappa shape index (κ3) is 3.12. The maximum absolute atomic E-state index is 12.2. The fraction of sp³-hybridized carbons (Fsp3) is 0.500. The molecule has 1 aromatic rings. The number of rotatable bonds is 5. The second-order valence-electron chi connectivity index (χ2n) is 5.10. The van der Waals surface area contributed by atoms with Crippen LogP contribution in [0.15, 0.2) is 27.6 Å². The van der Waals surface area contributed by atoms with Gasteiger partial charge in [0.1, 0.15) is 0 Å². The maximum Gasteiger partial charge on any atom is 0.241 e. The molecule has 1 aliphatic carbocycles. The van der Waals surface area contributed by atoms with Crippen molar-refractivity contribution in [2.45, 2.75) is 31.2 Å². The van der Waals surface area contributed by atoms with Crippen LogP contribution < -0.4 is 10.5 Å². The van der Waals surface area contributed by atoms with E-state index in [1.165, 1.54) is 0 Å². The molecule has 0 heterocycles. The largest absolute Gasteiger partial charge is 0.326 e. The quantitative estimate of drug-likeness (QED) is 0.866. The average molecular weight is 333 g/mol. The number of hydrogen-bond acceptors (Lipinski definition) is 3. The Kier molecular flexibility index (Phi) is 3.82. The van der Waals surface area contributed by atoms with E-state index in [2.05, 4.69) is 27.6 Å². The lowest BCUT2D eigenvalue weighted by molar-refractivity contribution is 0.530. The third-order valence-corrected chi connectivity index (χ3v) is 5.71. The van der Waals surface area contributed by atoms with Gasteiger partial charge in [-0.25, -0.2) is 13.1 Å². The Morgan fingerprint density at radius 3 is 2.67 bits per heavy atom. The first kappa shape index (κ1) is 14.0. The van der Waals surface area contributed by atoms with Crippen LogP contribution in [0.3, 0.4) is 0 Å². The predicted octanol–water partition coefficient (Wildman–Crippen LogP) is 1.99. The average Bonchev–Trinajstić information content (AvgIpc) is 3.06. The van der Waals surface area contributed by atoms with Gasteiger partial charge in [0.15, 0.2) is 0 Å². The van der Waals surface area contributed by atoms with Gasteiger partial charge in [-0.05, 0) is 51.9 Å². The molecule has 0 amide bonds. The van der Waals surface area contributed by atoms with Crippen molar-refractivity contribution >= 4 is 26.0 Å². The van der Waals surface area contributed by atoms with Gasteiger partial charge in [0.2, 0.25) is 10.0 Å². The van der Waals surface area contributed by atoms with E-state index in [1.807, 2.05) is 6.07 Å². The number of sulfonamides is 1. The molecule has 2 rings (SSSR count). The highest BCUT2D eigenvalue weighted by atomic mass is 79.9. The van der Waals surface area contributed by atoms with Gasteiger partial charge in [0, 0.05) is 17.6 Å². The maximum atomic E-state index is 12.2. The minimum Gasteiger partial charge on any atom is -0.326 e. The van der Waals surface area contributed by atoms with Crippen LogP contribution in [-0.2, 0) is 16.6 Å². The van der Waals surface area contributed by atoms with E-state index in [9.17, 15) is 8.42 Å². The summed E-state index contributed by atoms with van der Waals surface area (Å²) >= 11 is 3.27. The zero-order valence-electron chi connectivity index (χ0n) is 10.2. The molecule has 0 spiro atoms. The summed E-state index contributed by atoms with van der Waals surface area (Å²) in [5.74, 6) is 0. The summed E-state index contributed by atoms with van der Waals surface area (Å²) in [7, 11) is -3.47. The summed E-state index contributed by atoms with van der Waals surface area (Å²) in [5, 5.41) is 0. The molecule has 4 nitrogen and oxygen atoms in total. The van der Waals surface area contributed by atoms with Crippen LogP contribution in [0.25, 0.3) is 0 Å². The van der Waals surface area contributed by atoms with Crippen molar-refractivity contribution in [1.29, 1.82) is 0 Å². The number of nitrogens with one attached hydrogen (secondary N) is 1. The van der Waals surface area contributed by atoms with E-state index in [1.54, 1.807) is 12.1 Å². The molecule has 0 saturated heterocycles. The standard InChI is InChI=1S/C12H17BrN2O2S/c1-12(4-5-12)8-15-18(16,17)11-6-9(7-14)2-3-10(11)13/h2-3,6,15H,4-5,7-8,14H2,1H3. The van der Waals surface area contributed by atoms with Gasteiger partial charge < -0.3 is 5.73 Å². The van der Waals surface area contributed by atoms with E-state index < -0.39 is 10.0 Å². The third-order valence-electron chi connectivity index (χ3n) is 3.31. The molecule has 1 aliphatic rings. The molecule has 0 unspecified atom stereocenters. The predicted molar refractivity (Wildman–Crippen MR) is 74.6 cm³/mol. The zero-order chi connectivity index (χ0) is 13.4. The van der Waals surface area contributed by atoms with Crippen LogP contribution in [0.5, 0.6) is 0 Å². The Morgan fingerprint density at radius 1 is 1.44 bits per heavy atom. The Morgan fingerprint density at radius 2 is 2.11 bits per heavy atom. The van der Waals surface area contributed by atoms with Gasteiger partial charge in [0.05, 0.1) is 4.90 Å². The van der Waals surface area contributed by atoms with Crippen LogP contribution in [-0.4, -0.2) is 15.0 Å².